The quantitative estimate of drug-likeness (QED) is 0.352. The molecule has 9 heteroatoms. The number of hydrogen-bond donors (Lipinski definition) is 0. The molecule has 5 nitrogen and oxygen atoms in total. The summed E-state index contributed by atoms with van der Waals surface area (Å²) in [5.41, 5.74) is 0.567. The molecule has 0 aliphatic rings. The van der Waals surface area contributed by atoms with Crippen LogP contribution in [0.25, 0.3) is 5.65 Å². The Morgan fingerprint density at radius 1 is 0.970 bits per heavy atom. The molecule has 0 spiro atoms. The Morgan fingerprint density at radius 2 is 1.67 bits per heavy atom. The van der Waals surface area contributed by atoms with Gasteiger partial charge in [-0.2, -0.15) is 13.2 Å². The van der Waals surface area contributed by atoms with Crippen LogP contribution in [0.4, 0.5) is 19.0 Å². The van der Waals surface area contributed by atoms with Crippen LogP contribution in [0.1, 0.15) is 36.6 Å². The zero-order valence-corrected chi connectivity index (χ0v) is 18.8. The molecule has 0 aliphatic carbocycles. The van der Waals surface area contributed by atoms with Gasteiger partial charge in [-0.15, -0.1) is 0 Å². The Labute approximate surface area is 190 Å². The number of alkyl halides is 3. The van der Waals surface area contributed by atoms with Crippen molar-refractivity contribution in [3.63, 3.8) is 0 Å². The van der Waals surface area contributed by atoms with E-state index in [1.54, 1.807) is 40.9 Å². The second-order valence-corrected chi connectivity index (χ2v) is 9.79. The van der Waals surface area contributed by atoms with Crippen molar-refractivity contribution < 1.29 is 21.6 Å². The van der Waals surface area contributed by atoms with Gasteiger partial charge < -0.3 is 4.40 Å². The van der Waals surface area contributed by atoms with Gasteiger partial charge in [-0.1, -0.05) is 50.2 Å². The van der Waals surface area contributed by atoms with Crippen molar-refractivity contribution in [2.45, 2.75) is 37.4 Å². The van der Waals surface area contributed by atoms with Gasteiger partial charge in [-0.05, 0) is 47.9 Å². The van der Waals surface area contributed by atoms with E-state index in [-0.39, 0.29) is 28.7 Å². The number of halogens is 3. The minimum Gasteiger partial charge on any atom is -0.302 e. The molecule has 0 saturated heterocycles. The van der Waals surface area contributed by atoms with E-state index >= 15 is 0 Å². The molecule has 0 unspecified atom stereocenters. The lowest BCUT2D eigenvalue weighted by molar-refractivity contribution is -0.137. The molecule has 0 aliphatic heterocycles. The standard InChI is InChI=1S/C24H22F3N3O2S/c1-17(2)22-23(28-21-13-6-7-14-29(21)22)30(33(31,32)20-11-4-3-5-12-20)16-18-9-8-10-19(15-18)24(25,26)27/h3-15,17H,16H2,1-2H3. The van der Waals surface area contributed by atoms with Gasteiger partial charge in [-0.25, -0.2) is 17.7 Å². The predicted molar refractivity (Wildman–Crippen MR) is 121 cm³/mol. The van der Waals surface area contributed by atoms with Crippen LogP contribution in [0.5, 0.6) is 0 Å². The van der Waals surface area contributed by atoms with Crippen molar-refractivity contribution in [3.8, 4) is 0 Å². The van der Waals surface area contributed by atoms with Crippen LogP contribution in [-0.2, 0) is 22.7 Å². The number of fused-ring (bicyclic) bond motifs is 1. The molecular formula is C24H22F3N3O2S. The first-order chi connectivity index (χ1) is 15.6. The molecule has 0 saturated carbocycles. The Kier molecular flexibility index (Phi) is 5.92. The molecule has 0 atom stereocenters. The van der Waals surface area contributed by atoms with Crippen LogP contribution < -0.4 is 4.31 Å². The molecule has 0 bridgehead atoms. The average Bonchev–Trinajstić information content (AvgIpc) is 3.17. The summed E-state index contributed by atoms with van der Waals surface area (Å²) >= 11 is 0. The van der Waals surface area contributed by atoms with Gasteiger partial charge in [0.25, 0.3) is 10.0 Å². The van der Waals surface area contributed by atoms with E-state index in [0.29, 0.717) is 11.3 Å². The van der Waals surface area contributed by atoms with Crippen LogP contribution in [-0.4, -0.2) is 17.8 Å². The van der Waals surface area contributed by atoms with E-state index in [9.17, 15) is 21.6 Å². The van der Waals surface area contributed by atoms with Crippen molar-refractivity contribution >= 4 is 21.5 Å². The second-order valence-electron chi connectivity index (χ2n) is 7.93. The first-order valence-corrected chi connectivity index (χ1v) is 11.7. The monoisotopic (exact) mass is 473 g/mol. The number of benzene rings is 2. The summed E-state index contributed by atoms with van der Waals surface area (Å²) < 4.78 is 70.2. The largest absolute Gasteiger partial charge is 0.416 e. The number of imidazole rings is 1. The molecule has 4 rings (SSSR count). The van der Waals surface area contributed by atoms with Gasteiger partial charge in [-0.3, -0.25) is 0 Å². The summed E-state index contributed by atoms with van der Waals surface area (Å²) in [6.07, 6.45) is -2.75. The number of hydrogen-bond acceptors (Lipinski definition) is 3. The molecule has 4 aromatic rings. The van der Waals surface area contributed by atoms with E-state index in [4.69, 9.17) is 0 Å². The third kappa shape index (κ3) is 4.45. The molecule has 2 aromatic carbocycles. The highest BCUT2D eigenvalue weighted by molar-refractivity contribution is 7.92. The van der Waals surface area contributed by atoms with E-state index in [1.807, 2.05) is 19.9 Å². The molecule has 0 fully saturated rings. The second kappa shape index (κ2) is 8.55. The zero-order valence-electron chi connectivity index (χ0n) is 18.0. The van der Waals surface area contributed by atoms with Crippen molar-refractivity contribution in [1.82, 2.24) is 9.38 Å². The van der Waals surface area contributed by atoms with Crippen LogP contribution in [0.15, 0.2) is 83.9 Å². The topological polar surface area (TPSA) is 54.7 Å². The fourth-order valence-corrected chi connectivity index (χ4v) is 5.16. The fourth-order valence-electron chi connectivity index (χ4n) is 3.73. The van der Waals surface area contributed by atoms with Crippen molar-refractivity contribution in [1.29, 1.82) is 0 Å². The van der Waals surface area contributed by atoms with Crippen LogP contribution in [0, 0.1) is 0 Å². The van der Waals surface area contributed by atoms with Gasteiger partial charge >= 0.3 is 6.18 Å². The number of aromatic nitrogens is 2. The Bertz CT molecular complexity index is 1380. The molecule has 0 amide bonds. The number of pyridine rings is 1. The number of sulfonamides is 1. The maximum absolute atomic E-state index is 13.7. The molecule has 0 radical (unpaired) electrons. The lowest BCUT2D eigenvalue weighted by atomic mass is 10.1. The lowest BCUT2D eigenvalue weighted by Crippen LogP contribution is -2.32. The Hall–Kier alpha value is -3.33. The third-order valence-electron chi connectivity index (χ3n) is 5.24. The maximum atomic E-state index is 13.7. The van der Waals surface area contributed by atoms with Gasteiger partial charge in [0.15, 0.2) is 5.82 Å². The summed E-state index contributed by atoms with van der Waals surface area (Å²) in [7, 11) is -4.13. The normalized spacial score (nSPS) is 12.4. The first kappa shape index (κ1) is 22.8. The van der Waals surface area contributed by atoms with Crippen LogP contribution in [0.3, 0.4) is 0 Å². The Morgan fingerprint density at radius 3 is 2.33 bits per heavy atom. The van der Waals surface area contributed by atoms with Crippen LogP contribution >= 0.6 is 0 Å². The van der Waals surface area contributed by atoms with Crippen molar-refractivity contribution in [2.75, 3.05) is 4.31 Å². The number of anilines is 1. The van der Waals surface area contributed by atoms with E-state index in [2.05, 4.69) is 4.98 Å². The third-order valence-corrected chi connectivity index (χ3v) is 6.99. The van der Waals surface area contributed by atoms with Crippen molar-refractivity contribution in [3.05, 3.63) is 95.8 Å². The zero-order chi connectivity index (χ0) is 23.8. The summed E-state index contributed by atoms with van der Waals surface area (Å²) in [5.74, 6) is 0.0878. The SMILES string of the molecule is CC(C)c1c(N(Cc2cccc(C(F)(F)F)c2)S(=O)(=O)c2ccccc2)nc2ccccn12. The molecule has 0 N–H and O–H groups in total. The van der Waals surface area contributed by atoms with E-state index in [0.717, 1.165) is 16.4 Å². The summed E-state index contributed by atoms with van der Waals surface area (Å²) in [6, 6.07) is 17.9. The van der Waals surface area contributed by atoms with Gasteiger partial charge in [0, 0.05) is 6.20 Å². The van der Waals surface area contributed by atoms with Crippen LogP contribution in [0.2, 0.25) is 0 Å². The lowest BCUT2D eigenvalue weighted by Gasteiger charge is -2.25. The molecule has 2 aromatic heterocycles. The average molecular weight is 474 g/mol. The highest BCUT2D eigenvalue weighted by atomic mass is 32.2. The maximum Gasteiger partial charge on any atom is 0.416 e. The fraction of sp³-hybridized carbons (Fsp3) is 0.208. The minimum atomic E-state index is -4.54. The first-order valence-electron chi connectivity index (χ1n) is 10.3. The molecule has 172 valence electrons. The predicted octanol–water partition coefficient (Wildman–Crippen LogP) is 5.87. The molecule has 33 heavy (non-hydrogen) atoms. The van der Waals surface area contributed by atoms with Gasteiger partial charge in [0.05, 0.1) is 22.7 Å². The van der Waals surface area contributed by atoms with Gasteiger partial charge in [0.1, 0.15) is 5.65 Å². The summed E-state index contributed by atoms with van der Waals surface area (Å²) in [6.45, 7) is 3.53. The molecular weight excluding hydrogens is 451 g/mol. The molecule has 2 heterocycles. The highest BCUT2D eigenvalue weighted by Gasteiger charge is 2.33. The smallest absolute Gasteiger partial charge is 0.302 e. The van der Waals surface area contributed by atoms with E-state index in [1.165, 1.54) is 24.3 Å². The highest BCUT2D eigenvalue weighted by Crippen LogP contribution is 2.34. The van der Waals surface area contributed by atoms with Gasteiger partial charge in [0.2, 0.25) is 0 Å². The summed E-state index contributed by atoms with van der Waals surface area (Å²) in [4.78, 5) is 4.61. The van der Waals surface area contributed by atoms with E-state index < -0.39 is 21.8 Å². The Balaban J connectivity index is 1.92. The number of nitrogens with zero attached hydrogens (tertiary/aromatic N) is 3. The van der Waals surface area contributed by atoms with Crippen molar-refractivity contribution in [2.24, 2.45) is 0 Å². The number of rotatable bonds is 6. The minimum absolute atomic E-state index is 0.0312. The summed E-state index contributed by atoms with van der Waals surface area (Å²) in [5, 5.41) is 0.